The maximum atomic E-state index is 13.1. The van der Waals surface area contributed by atoms with Gasteiger partial charge < -0.3 is 15.6 Å². The first-order chi connectivity index (χ1) is 17.6. The van der Waals surface area contributed by atoms with Crippen molar-refractivity contribution in [3.05, 3.63) is 78.4 Å². The van der Waals surface area contributed by atoms with Crippen LogP contribution in [-0.4, -0.2) is 49.0 Å². The number of nitrogens with zero attached hydrogens (tertiary/aromatic N) is 4. The lowest BCUT2D eigenvalue weighted by Gasteiger charge is -2.31. The van der Waals surface area contributed by atoms with Gasteiger partial charge in [0.05, 0.1) is 5.69 Å². The van der Waals surface area contributed by atoms with Crippen LogP contribution in [0.1, 0.15) is 41.9 Å². The summed E-state index contributed by atoms with van der Waals surface area (Å²) >= 11 is 1.78. The van der Waals surface area contributed by atoms with E-state index >= 15 is 0 Å². The zero-order valence-electron chi connectivity index (χ0n) is 20.1. The first-order valence-corrected chi connectivity index (χ1v) is 13.3. The quantitative estimate of drug-likeness (QED) is 0.309. The molecule has 0 aliphatic carbocycles. The highest BCUT2D eigenvalue weighted by Crippen LogP contribution is 2.35. The van der Waals surface area contributed by atoms with Crippen molar-refractivity contribution in [2.75, 3.05) is 24.6 Å². The number of hydrogen-bond donors (Lipinski definition) is 2. The van der Waals surface area contributed by atoms with Crippen molar-refractivity contribution in [3.8, 4) is 11.4 Å². The number of likely N-dealkylation sites (tertiary alicyclic amines) is 1. The summed E-state index contributed by atoms with van der Waals surface area (Å²) in [6.07, 6.45) is 5.36. The zero-order chi connectivity index (χ0) is 24.6. The third-order valence-electron chi connectivity index (χ3n) is 6.96. The van der Waals surface area contributed by atoms with Gasteiger partial charge >= 0.3 is 0 Å². The number of carbonyl (C=O) groups is 1. The van der Waals surface area contributed by atoms with Crippen LogP contribution >= 0.6 is 11.8 Å². The van der Waals surface area contributed by atoms with Gasteiger partial charge in [-0.2, -0.15) is 0 Å². The van der Waals surface area contributed by atoms with E-state index in [0.717, 1.165) is 57.8 Å². The van der Waals surface area contributed by atoms with Crippen molar-refractivity contribution in [2.45, 2.75) is 30.6 Å². The lowest BCUT2D eigenvalue weighted by atomic mass is 9.95. The Morgan fingerprint density at radius 2 is 1.92 bits per heavy atom. The van der Waals surface area contributed by atoms with Crippen molar-refractivity contribution < 1.29 is 4.79 Å². The van der Waals surface area contributed by atoms with Crippen LogP contribution in [0.2, 0.25) is 0 Å². The summed E-state index contributed by atoms with van der Waals surface area (Å²) in [4.78, 5) is 29.2. The predicted molar refractivity (Wildman–Crippen MR) is 145 cm³/mol. The standard InChI is InChI=1S/C28H28N6OS/c1-2-36-21-9-7-19(8-10-21)28(35)33-14-11-18(12-15-33)27-32-24(25-26(29)30-13-16-34(25)27)23-17-20-5-3-4-6-22(20)31-23/h3-10,13,16-18,31H,2,11-12,14-15H2,1H3,(H2,29,30). The molecule has 1 aliphatic heterocycles. The molecule has 182 valence electrons. The number of anilines is 1. The Kier molecular flexibility index (Phi) is 5.89. The number of aromatic nitrogens is 4. The average Bonchev–Trinajstić information content (AvgIpc) is 3.52. The highest BCUT2D eigenvalue weighted by molar-refractivity contribution is 7.99. The molecule has 2 aromatic carbocycles. The molecule has 3 aromatic heterocycles. The van der Waals surface area contributed by atoms with E-state index in [9.17, 15) is 4.79 Å². The van der Waals surface area contributed by atoms with Gasteiger partial charge in [0.25, 0.3) is 5.91 Å². The molecule has 1 saturated heterocycles. The summed E-state index contributed by atoms with van der Waals surface area (Å²) in [7, 11) is 0. The number of rotatable bonds is 5. The minimum Gasteiger partial charge on any atom is -0.382 e. The molecule has 1 amide bonds. The van der Waals surface area contributed by atoms with Gasteiger partial charge in [0.1, 0.15) is 22.9 Å². The summed E-state index contributed by atoms with van der Waals surface area (Å²) in [5, 5.41) is 1.13. The van der Waals surface area contributed by atoms with Gasteiger partial charge in [-0.1, -0.05) is 25.1 Å². The van der Waals surface area contributed by atoms with Crippen molar-refractivity contribution in [1.29, 1.82) is 0 Å². The largest absolute Gasteiger partial charge is 0.382 e. The van der Waals surface area contributed by atoms with Gasteiger partial charge in [0, 0.05) is 52.8 Å². The molecule has 0 bridgehead atoms. The second-order valence-corrected chi connectivity index (χ2v) is 10.5. The maximum Gasteiger partial charge on any atom is 0.253 e. The van der Waals surface area contributed by atoms with E-state index in [1.807, 2.05) is 47.5 Å². The van der Waals surface area contributed by atoms with E-state index in [4.69, 9.17) is 10.7 Å². The number of H-pyrrole nitrogens is 1. The Morgan fingerprint density at radius 1 is 1.14 bits per heavy atom. The van der Waals surface area contributed by atoms with Gasteiger partial charge in [-0.25, -0.2) is 9.97 Å². The number of piperidine rings is 1. The molecular formula is C28H28N6OS. The number of hydrogen-bond acceptors (Lipinski definition) is 5. The fourth-order valence-electron chi connectivity index (χ4n) is 5.15. The molecule has 4 heterocycles. The average molecular weight is 497 g/mol. The van der Waals surface area contributed by atoms with Crippen LogP contribution in [-0.2, 0) is 0 Å². The molecule has 3 N–H and O–H groups in total. The normalized spacial score (nSPS) is 14.6. The monoisotopic (exact) mass is 496 g/mol. The number of nitrogens with two attached hydrogens (primary N) is 1. The van der Waals surface area contributed by atoms with Crippen LogP contribution in [0, 0.1) is 0 Å². The number of nitrogen functional groups attached to an aromatic ring is 1. The fraction of sp³-hybridized carbons (Fsp3) is 0.250. The minimum absolute atomic E-state index is 0.0988. The Bertz CT molecular complexity index is 1510. The Morgan fingerprint density at radius 3 is 2.67 bits per heavy atom. The molecule has 8 heteroatoms. The Hall–Kier alpha value is -3.78. The van der Waals surface area contributed by atoms with Crippen LogP contribution < -0.4 is 5.73 Å². The summed E-state index contributed by atoms with van der Waals surface area (Å²) in [5.41, 5.74) is 10.7. The second-order valence-electron chi connectivity index (χ2n) is 9.14. The molecule has 0 spiro atoms. The molecule has 0 atom stereocenters. The molecule has 6 rings (SSSR count). The number of imidazole rings is 1. The number of nitrogens with one attached hydrogen (secondary N) is 1. The fourth-order valence-corrected chi connectivity index (χ4v) is 5.81. The third kappa shape index (κ3) is 4.01. The van der Waals surface area contributed by atoms with Crippen LogP contribution in [0.5, 0.6) is 0 Å². The van der Waals surface area contributed by atoms with E-state index in [0.29, 0.717) is 18.9 Å². The second kappa shape index (κ2) is 9.35. The van der Waals surface area contributed by atoms with E-state index in [1.165, 1.54) is 4.90 Å². The summed E-state index contributed by atoms with van der Waals surface area (Å²) < 4.78 is 2.08. The highest BCUT2D eigenvalue weighted by Gasteiger charge is 2.29. The van der Waals surface area contributed by atoms with Crippen LogP contribution in [0.15, 0.2) is 71.9 Å². The lowest BCUT2D eigenvalue weighted by molar-refractivity contribution is 0.0711. The van der Waals surface area contributed by atoms with Gasteiger partial charge in [0.2, 0.25) is 0 Å². The summed E-state index contributed by atoms with van der Waals surface area (Å²) in [5.74, 6) is 2.78. The van der Waals surface area contributed by atoms with E-state index < -0.39 is 0 Å². The van der Waals surface area contributed by atoms with Crippen molar-refractivity contribution in [2.24, 2.45) is 0 Å². The number of thioether (sulfide) groups is 1. The van der Waals surface area contributed by atoms with Crippen LogP contribution in [0.4, 0.5) is 5.82 Å². The number of benzene rings is 2. The number of amides is 1. The molecular weight excluding hydrogens is 468 g/mol. The molecule has 1 aliphatic rings. The van der Waals surface area contributed by atoms with Crippen LogP contribution in [0.25, 0.3) is 27.8 Å². The van der Waals surface area contributed by atoms with E-state index in [-0.39, 0.29) is 11.8 Å². The molecule has 7 nitrogen and oxygen atoms in total. The number of para-hydroxylation sites is 1. The predicted octanol–water partition coefficient (Wildman–Crippen LogP) is 5.59. The summed E-state index contributed by atoms with van der Waals surface area (Å²) in [6.45, 7) is 3.53. The third-order valence-corrected chi connectivity index (χ3v) is 7.85. The van der Waals surface area contributed by atoms with Crippen molar-refractivity contribution in [3.63, 3.8) is 0 Å². The zero-order valence-corrected chi connectivity index (χ0v) is 21.0. The van der Waals surface area contributed by atoms with Crippen molar-refractivity contribution in [1.82, 2.24) is 24.3 Å². The van der Waals surface area contributed by atoms with Crippen LogP contribution in [0.3, 0.4) is 0 Å². The maximum absolute atomic E-state index is 13.1. The topological polar surface area (TPSA) is 92.3 Å². The van der Waals surface area contributed by atoms with E-state index in [1.54, 1.807) is 18.0 Å². The van der Waals surface area contributed by atoms with Gasteiger partial charge in [-0.15, -0.1) is 11.8 Å². The van der Waals surface area contributed by atoms with E-state index in [2.05, 4.69) is 39.5 Å². The van der Waals surface area contributed by atoms with Gasteiger partial charge in [-0.3, -0.25) is 9.20 Å². The van der Waals surface area contributed by atoms with Crippen molar-refractivity contribution >= 4 is 39.9 Å². The molecule has 0 unspecified atom stereocenters. The molecule has 0 radical (unpaired) electrons. The molecule has 0 saturated carbocycles. The number of carbonyl (C=O) groups excluding carboxylic acids is 1. The molecule has 5 aromatic rings. The van der Waals surface area contributed by atoms with Gasteiger partial charge in [0.15, 0.2) is 0 Å². The minimum atomic E-state index is 0.0988. The van der Waals surface area contributed by atoms with Gasteiger partial charge in [-0.05, 0) is 55.0 Å². The molecule has 36 heavy (non-hydrogen) atoms. The molecule has 1 fully saturated rings. The lowest BCUT2D eigenvalue weighted by Crippen LogP contribution is -2.38. The Labute approximate surface area is 213 Å². The number of fused-ring (bicyclic) bond motifs is 2. The SMILES string of the molecule is CCSc1ccc(C(=O)N2CCC(c3nc(-c4cc5ccccc5[nH]4)c4c(N)nccn34)CC2)cc1. The summed E-state index contributed by atoms with van der Waals surface area (Å²) in [6, 6.07) is 18.3. The Balaban J connectivity index is 1.26. The first kappa shape index (κ1) is 22.7. The first-order valence-electron chi connectivity index (χ1n) is 12.3. The smallest absolute Gasteiger partial charge is 0.253 e. The highest BCUT2D eigenvalue weighted by atomic mass is 32.2. The number of aromatic amines is 1.